The van der Waals surface area contributed by atoms with E-state index in [1.807, 2.05) is 4.90 Å². The second-order valence-corrected chi connectivity index (χ2v) is 20.3. The lowest BCUT2D eigenvalue weighted by Crippen LogP contribution is -2.49. The molecule has 372 valence electrons. The van der Waals surface area contributed by atoms with Crippen molar-refractivity contribution in [3.8, 4) is 0 Å². The zero-order valence-corrected chi connectivity index (χ0v) is 39.6. The molecule has 6 heterocycles. The van der Waals surface area contributed by atoms with Crippen LogP contribution in [0.2, 0.25) is 0 Å². The van der Waals surface area contributed by atoms with Crippen molar-refractivity contribution < 1.29 is 58.2 Å². The van der Waals surface area contributed by atoms with Crippen molar-refractivity contribution in [2.75, 3.05) is 62.2 Å². The number of alkyl halides is 6. The molecule has 2 aromatic carbocycles. The van der Waals surface area contributed by atoms with E-state index in [4.69, 9.17) is 10.2 Å². The Kier molecular flexibility index (Phi) is 18.0. The van der Waals surface area contributed by atoms with Crippen molar-refractivity contribution in [1.29, 1.82) is 0 Å². The van der Waals surface area contributed by atoms with Gasteiger partial charge < -0.3 is 29.7 Å². The Bertz CT molecular complexity index is 2820. The SMILES string of the molecule is FC(F)(F)Cc1cc2c(N3CCNCC3)ncnc2s1.NS(=O)(=O)Cc1ccc(CC(=O)N2CCN(c3ncnc4sc(CC(F)(F)F)cc34)CC2)cc1.O=C(O)Cc1ccc(CNS(=O)[O-])cc1. The van der Waals surface area contributed by atoms with E-state index in [1.54, 1.807) is 59.5 Å². The first kappa shape index (κ1) is 52.9. The van der Waals surface area contributed by atoms with E-state index < -0.39 is 52.5 Å². The number of hydrogen-bond acceptors (Lipinski definition) is 15. The number of thiophene rings is 2. The molecule has 2 aliphatic rings. The molecule has 0 radical (unpaired) electrons. The maximum absolute atomic E-state index is 12.8. The summed E-state index contributed by atoms with van der Waals surface area (Å²) in [5, 5.41) is 18.1. The second-order valence-electron chi connectivity index (χ2n) is 15.7. The third kappa shape index (κ3) is 16.9. The second kappa shape index (κ2) is 23.5. The summed E-state index contributed by atoms with van der Waals surface area (Å²) in [7, 11) is -3.62. The van der Waals surface area contributed by atoms with Crippen molar-refractivity contribution >= 4 is 87.9 Å². The Balaban J connectivity index is 0.000000189. The normalized spacial score (nSPS) is 15.0. The zero-order chi connectivity index (χ0) is 49.9. The monoisotopic (exact) mass is 1040 g/mol. The fourth-order valence-electron chi connectivity index (χ4n) is 7.27. The number of sulfonamides is 1. The number of carboxylic acids is 1. The standard InChI is InChI=1S/C21H22F3N5O3S2.C12H13F3N4S.C9H11NO4S/c22-21(23,24)11-16-10-17-19(26-13-27-20(17)33-16)29-7-5-28(6-8-29)18(30)9-14-1-3-15(4-2-14)12-34(25,31)32;13-12(14,15)6-8-5-9-10(17-7-18-11(9)20-8)19-3-1-16-2-4-19;11-9(12)5-7-1-3-8(4-2-7)6-10-15(13)14/h1-4,10,13H,5-9,11-12H2,(H2,25,31,32);5,7,16H,1-4,6H2;1-4,10H,5-6H2,(H,11,12)(H,13,14)/p-1. The van der Waals surface area contributed by atoms with Crippen molar-refractivity contribution in [3.63, 3.8) is 0 Å². The van der Waals surface area contributed by atoms with Crippen LogP contribution < -0.4 is 25.0 Å². The average Bonchev–Trinajstić information content (AvgIpc) is 3.88. The summed E-state index contributed by atoms with van der Waals surface area (Å²) in [6, 6.07) is 16.5. The molecule has 17 nitrogen and oxygen atoms in total. The number of carbonyl (C=O) groups excluding carboxylic acids is 1. The summed E-state index contributed by atoms with van der Waals surface area (Å²) in [5.41, 5.74) is 2.79. The lowest BCUT2D eigenvalue weighted by molar-refractivity contribution is -0.136. The molecule has 27 heteroatoms. The number of piperazine rings is 2. The maximum atomic E-state index is 12.8. The van der Waals surface area contributed by atoms with Crippen LogP contribution in [0.1, 0.15) is 32.0 Å². The topological polar surface area (TPSA) is 240 Å². The minimum atomic E-state index is -4.29. The summed E-state index contributed by atoms with van der Waals surface area (Å²) in [4.78, 5) is 47.2. The summed E-state index contributed by atoms with van der Waals surface area (Å²) in [5.74, 6) is 0.103. The molecular weight excluding hydrogens is 999 g/mol. The first-order valence-corrected chi connectivity index (χ1v) is 25.3. The quantitative estimate of drug-likeness (QED) is 0.0892. The van der Waals surface area contributed by atoms with Crippen LogP contribution in [-0.2, 0) is 68.9 Å². The highest BCUT2D eigenvalue weighted by Gasteiger charge is 2.31. The van der Waals surface area contributed by atoms with Gasteiger partial charge in [-0.05, 0) is 34.4 Å². The van der Waals surface area contributed by atoms with Gasteiger partial charge in [0, 0.05) is 79.9 Å². The molecule has 0 saturated carbocycles. The lowest BCUT2D eigenvalue weighted by Gasteiger charge is -2.35. The number of benzene rings is 2. The maximum Gasteiger partial charge on any atom is 0.393 e. The van der Waals surface area contributed by atoms with E-state index in [1.165, 1.54) is 18.7 Å². The number of hydrogen-bond donors (Lipinski definition) is 4. The van der Waals surface area contributed by atoms with Gasteiger partial charge in [0.2, 0.25) is 15.9 Å². The molecule has 2 saturated heterocycles. The first-order valence-electron chi connectivity index (χ1n) is 20.9. The van der Waals surface area contributed by atoms with Crippen molar-refractivity contribution in [2.24, 2.45) is 5.14 Å². The number of anilines is 2. The number of nitrogens with one attached hydrogen (secondary N) is 2. The van der Waals surface area contributed by atoms with Crippen LogP contribution in [0.15, 0.2) is 73.3 Å². The number of nitrogens with two attached hydrogens (primary N) is 1. The van der Waals surface area contributed by atoms with Gasteiger partial charge >= 0.3 is 18.3 Å². The van der Waals surface area contributed by atoms with E-state index >= 15 is 0 Å². The van der Waals surface area contributed by atoms with Crippen molar-refractivity contribution in [2.45, 2.75) is 50.3 Å². The Hall–Kier alpha value is -5.42. The molecular formula is C42H45F6N10O7S4-. The first-order chi connectivity index (χ1) is 32.6. The van der Waals surface area contributed by atoms with Gasteiger partial charge in [0.05, 0.1) is 42.2 Å². The highest BCUT2D eigenvalue weighted by molar-refractivity contribution is 7.88. The predicted molar refractivity (Wildman–Crippen MR) is 249 cm³/mol. The number of primary sulfonamides is 1. The summed E-state index contributed by atoms with van der Waals surface area (Å²) in [6.45, 7) is 5.42. The van der Waals surface area contributed by atoms with Gasteiger partial charge in [-0.2, -0.15) is 26.3 Å². The zero-order valence-electron chi connectivity index (χ0n) is 36.3. The van der Waals surface area contributed by atoms with Crippen molar-refractivity contribution in [1.82, 2.24) is 34.9 Å². The molecule has 0 bridgehead atoms. The van der Waals surface area contributed by atoms with Crippen LogP contribution in [0.5, 0.6) is 0 Å². The molecule has 5 N–H and O–H groups in total. The number of halogens is 6. The van der Waals surface area contributed by atoms with Crippen LogP contribution >= 0.6 is 22.7 Å². The molecule has 0 spiro atoms. The van der Waals surface area contributed by atoms with Crippen LogP contribution in [0.4, 0.5) is 38.0 Å². The van der Waals surface area contributed by atoms with E-state index in [9.17, 15) is 53.1 Å². The Morgan fingerprint density at radius 1 is 0.725 bits per heavy atom. The Morgan fingerprint density at radius 2 is 1.17 bits per heavy atom. The van der Waals surface area contributed by atoms with Gasteiger partial charge in [-0.25, -0.2) is 38.2 Å². The number of fused-ring (bicyclic) bond motifs is 2. The highest BCUT2D eigenvalue weighted by Crippen LogP contribution is 2.35. The number of aromatic nitrogens is 4. The molecule has 0 aliphatic carbocycles. The van der Waals surface area contributed by atoms with Gasteiger partial charge in [-0.15, -0.1) is 22.7 Å². The van der Waals surface area contributed by atoms with Crippen LogP contribution in [0.3, 0.4) is 0 Å². The average molecular weight is 1040 g/mol. The Labute approximate surface area is 402 Å². The number of carbonyl (C=O) groups is 2. The minimum Gasteiger partial charge on any atom is -0.760 e. The molecule has 1 amide bonds. The minimum absolute atomic E-state index is 0.0266. The van der Waals surface area contributed by atoms with E-state index in [-0.39, 0.29) is 40.8 Å². The van der Waals surface area contributed by atoms with E-state index in [2.05, 4.69) is 34.9 Å². The van der Waals surface area contributed by atoms with Gasteiger partial charge in [0.1, 0.15) is 34.0 Å². The fraction of sp³-hybridized carbons (Fsp3) is 0.381. The van der Waals surface area contributed by atoms with Crippen molar-refractivity contribution in [3.05, 3.63) is 105 Å². The molecule has 2 fully saturated rings. The number of amides is 1. The molecule has 6 aromatic rings. The summed E-state index contributed by atoms with van der Waals surface area (Å²) < 4.78 is 121. The van der Waals surface area contributed by atoms with Gasteiger partial charge in [0.15, 0.2) is 0 Å². The number of carboxylic acid groups (broad SMARTS) is 1. The number of aliphatic carboxylic acids is 1. The third-order valence-corrected chi connectivity index (χ3v) is 13.5. The van der Waals surface area contributed by atoms with Gasteiger partial charge in [-0.3, -0.25) is 13.8 Å². The van der Waals surface area contributed by atoms with E-state index in [0.717, 1.165) is 71.2 Å². The van der Waals surface area contributed by atoms with Crippen LogP contribution in [-0.4, -0.2) is 124 Å². The predicted octanol–water partition coefficient (Wildman–Crippen LogP) is 4.88. The number of nitrogens with zero attached hydrogens (tertiary/aromatic N) is 7. The molecule has 1 atom stereocenters. The van der Waals surface area contributed by atoms with E-state index in [0.29, 0.717) is 58.2 Å². The largest absolute Gasteiger partial charge is 0.760 e. The lowest BCUT2D eigenvalue weighted by atomic mass is 10.1. The van der Waals surface area contributed by atoms with Crippen LogP contribution in [0.25, 0.3) is 20.4 Å². The molecule has 8 rings (SSSR count). The fourth-order valence-corrected chi connectivity index (χ4v) is 10.3. The van der Waals surface area contributed by atoms with Gasteiger partial charge in [-0.1, -0.05) is 48.5 Å². The Morgan fingerprint density at radius 3 is 1.62 bits per heavy atom. The molecule has 1 unspecified atom stereocenters. The third-order valence-electron chi connectivity index (χ3n) is 10.3. The molecule has 69 heavy (non-hydrogen) atoms. The smallest absolute Gasteiger partial charge is 0.393 e. The molecule has 4 aromatic heterocycles. The number of rotatable bonds is 13. The summed E-state index contributed by atoms with van der Waals surface area (Å²) in [6.07, 6.45) is -7.46. The molecule has 2 aliphatic heterocycles. The van der Waals surface area contributed by atoms with Gasteiger partial charge in [0.25, 0.3) is 0 Å². The summed E-state index contributed by atoms with van der Waals surface area (Å²) >= 11 is -0.176. The highest BCUT2D eigenvalue weighted by atomic mass is 32.2. The van der Waals surface area contributed by atoms with Crippen LogP contribution in [0, 0.1) is 0 Å².